The van der Waals surface area contributed by atoms with E-state index in [4.69, 9.17) is 10.4 Å². The molecule has 8 heteroatoms. The van der Waals surface area contributed by atoms with E-state index in [-0.39, 0.29) is 24.0 Å². The number of carbonyl (C=O) groups excluding carboxylic acids is 1. The number of benzene rings is 1. The van der Waals surface area contributed by atoms with Gasteiger partial charge in [-0.15, -0.1) is 0 Å². The minimum atomic E-state index is -0.784. The molecular formula is C26H33N5O3. The molecule has 2 aromatic rings. The molecule has 1 saturated heterocycles. The average molecular weight is 464 g/mol. The number of imidazole rings is 1. The molecule has 0 saturated carbocycles. The summed E-state index contributed by atoms with van der Waals surface area (Å²) in [5.74, 6) is -0.677. The number of aliphatic carboxylic acids is 1. The number of carboxylic acids is 1. The van der Waals surface area contributed by atoms with Crippen LogP contribution in [0, 0.1) is 11.3 Å². The molecule has 0 unspecified atom stereocenters. The molecule has 8 nitrogen and oxygen atoms in total. The average Bonchev–Trinajstić information content (AvgIpc) is 3.36. The molecule has 1 aliphatic carbocycles. The maximum absolute atomic E-state index is 12.7. The number of aromatic amines is 1. The molecule has 0 spiro atoms. The Balaban J connectivity index is 0.00000158. The molecule has 1 aromatic carbocycles. The largest absolute Gasteiger partial charge is 0.480 e. The van der Waals surface area contributed by atoms with Crippen molar-refractivity contribution in [3.8, 4) is 6.07 Å². The summed E-state index contributed by atoms with van der Waals surface area (Å²) < 4.78 is 0. The fourth-order valence-corrected chi connectivity index (χ4v) is 4.56. The van der Waals surface area contributed by atoms with E-state index < -0.39 is 5.97 Å². The molecule has 2 aliphatic rings. The van der Waals surface area contributed by atoms with Gasteiger partial charge in [0, 0.05) is 11.3 Å². The maximum atomic E-state index is 12.7. The minimum Gasteiger partial charge on any atom is -0.480 e. The summed E-state index contributed by atoms with van der Waals surface area (Å²) in [7, 11) is 0. The number of anilines is 1. The van der Waals surface area contributed by atoms with Crippen molar-refractivity contribution in [2.24, 2.45) is 0 Å². The molecule has 1 amide bonds. The van der Waals surface area contributed by atoms with E-state index in [2.05, 4.69) is 33.5 Å². The van der Waals surface area contributed by atoms with E-state index in [1.54, 1.807) is 0 Å². The number of nitriles is 1. The van der Waals surface area contributed by atoms with Crippen molar-refractivity contribution in [1.82, 2.24) is 14.9 Å². The highest BCUT2D eigenvalue weighted by Gasteiger charge is 2.24. The van der Waals surface area contributed by atoms with Crippen molar-refractivity contribution in [2.75, 3.05) is 25.0 Å². The molecule has 34 heavy (non-hydrogen) atoms. The minimum absolute atomic E-state index is 0.0934. The summed E-state index contributed by atoms with van der Waals surface area (Å²) in [6.45, 7) is 5.64. The van der Waals surface area contributed by atoms with Crippen LogP contribution in [-0.2, 0) is 4.79 Å². The highest BCUT2D eigenvalue weighted by Crippen LogP contribution is 2.36. The van der Waals surface area contributed by atoms with Crippen molar-refractivity contribution >= 4 is 23.1 Å². The zero-order valence-electron chi connectivity index (χ0n) is 19.9. The number of nitrogens with one attached hydrogen (secondary N) is 2. The normalized spacial score (nSPS) is 16.6. The van der Waals surface area contributed by atoms with E-state index in [9.17, 15) is 9.59 Å². The van der Waals surface area contributed by atoms with Gasteiger partial charge in [0.05, 0.1) is 12.7 Å². The SMILES string of the molecule is CC.N#Cc1cnc(C(=O)Nc2ccc(C3CCN(CC(=O)O)CC3)cc2C2=CCCCC2)[nH]1. The number of hydrogen-bond acceptors (Lipinski definition) is 5. The van der Waals surface area contributed by atoms with Gasteiger partial charge in [0.15, 0.2) is 5.82 Å². The van der Waals surface area contributed by atoms with Crippen LogP contribution in [0.25, 0.3) is 5.57 Å². The van der Waals surface area contributed by atoms with Gasteiger partial charge in [0.2, 0.25) is 0 Å². The summed E-state index contributed by atoms with van der Waals surface area (Å²) in [6, 6.07) is 8.14. The Kier molecular flexibility index (Phi) is 9.00. The van der Waals surface area contributed by atoms with Crippen LogP contribution in [0.1, 0.15) is 85.7 Å². The van der Waals surface area contributed by atoms with Gasteiger partial charge in [0.25, 0.3) is 5.91 Å². The van der Waals surface area contributed by atoms with Crippen molar-refractivity contribution in [3.63, 3.8) is 0 Å². The lowest BCUT2D eigenvalue weighted by atomic mass is 9.85. The molecule has 3 N–H and O–H groups in total. The Hall–Kier alpha value is -3.44. The third-order valence-electron chi connectivity index (χ3n) is 6.26. The Labute approximate surface area is 200 Å². The summed E-state index contributed by atoms with van der Waals surface area (Å²) in [5, 5.41) is 20.9. The number of carbonyl (C=O) groups is 2. The van der Waals surface area contributed by atoms with Crippen LogP contribution in [-0.4, -0.2) is 51.5 Å². The monoisotopic (exact) mass is 463 g/mol. The van der Waals surface area contributed by atoms with Crippen LogP contribution in [0.5, 0.6) is 0 Å². The first-order chi connectivity index (χ1) is 16.5. The molecule has 0 atom stereocenters. The van der Waals surface area contributed by atoms with E-state index in [1.807, 2.05) is 30.9 Å². The summed E-state index contributed by atoms with van der Waals surface area (Å²) >= 11 is 0. The summed E-state index contributed by atoms with van der Waals surface area (Å²) in [5.41, 5.74) is 4.49. The van der Waals surface area contributed by atoms with Gasteiger partial charge < -0.3 is 15.4 Å². The van der Waals surface area contributed by atoms with Crippen molar-refractivity contribution in [3.05, 3.63) is 53.1 Å². The van der Waals surface area contributed by atoms with Gasteiger partial charge >= 0.3 is 5.97 Å². The highest BCUT2D eigenvalue weighted by atomic mass is 16.4. The van der Waals surface area contributed by atoms with Gasteiger partial charge in [-0.2, -0.15) is 5.26 Å². The van der Waals surface area contributed by atoms with Gasteiger partial charge in [-0.05, 0) is 80.8 Å². The molecule has 1 fully saturated rings. The van der Waals surface area contributed by atoms with Gasteiger partial charge in [-0.1, -0.05) is 26.0 Å². The lowest BCUT2D eigenvalue weighted by molar-refractivity contribution is -0.138. The maximum Gasteiger partial charge on any atom is 0.317 e. The summed E-state index contributed by atoms with van der Waals surface area (Å²) in [4.78, 5) is 32.4. The predicted octanol–water partition coefficient (Wildman–Crippen LogP) is 4.78. The Morgan fingerprint density at radius 2 is 2.03 bits per heavy atom. The number of carboxylic acid groups (broad SMARTS) is 1. The quantitative estimate of drug-likeness (QED) is 0.567. The molecule has 180 valence electrons. The molecule has 0 radical (unpaired) electrons. The molecule has 1 aromatic heterocycles. The van der Waals surface area contributed by atoms with Gasteiger partial charge in [0.1, 0.15) is 11.8 Å². The summed E-state index contributed by atoms with van der Waals surface area (Å²) in [6.07, 6.45) is 9.75. The third-order valence-corrected chi connectivity index (χ3v) is 6.26. The Bertz CT molecular complexity index is 1070. The first-order valence-electron chi connectivity index (χ1n) is 12.1. The van der Waals surface area contributed by atoms with Crippen LogP contribution < -0.4 is 5.32 Å². The fraction of sp³-hybridized carbons (Fsp3) is 0.462. The topological polar surface area (TPSA) is 122 Å². The van der Waals surface area contributed by atoms with E-state index in [0.717, 1.165) is 56.4 Å². The predicted molar refractivity (Wildman–Crippen MR) is 132 cm³/mol. The third kappa shape index (κ3) is 6.33. The molecule has 0 bridgehead atoms. The highest BCUT2D eigenvalue weighted by molar-refractivity contribution is 6.03. The van der Waals surface area contributed by atoms with Crippen molar-refractivity contribution in [2.45, 2.75) is 58.3 Å². The number of nitrogens with zero attached hydrogens (tertiary/aromatic N) is 3. The molecule has 2 heterocycles. The number of H-pyrrole nitrogens is 1. The zero-order valence-corrected chi connectivity index (χ0v) is 19.9. The Morgan fingerprint density at radius 1 is 1.26 bits per heavy atom. The van der Waals surface area contributed by atoms with Gasteiger partial charge in [-0.3, -0.25) is 14.5 Å². The Morgan fingerprint density at radius 3 is 2.65 bits per heavy atom. The lowest BCUT2D eigenvalue weighted by Gasteiger charge is -2.31. The number of hydrogen-bond donors (Lipinski definition) is 3. The van der Waals surface area contributed by atoms with Crippen LogP contribution in [0.3, 0.4) is 0 Å². The number of rotatable bonds is 6. The first kappa shape index (κ1) is 25.2. The second-order valence-electron chi connectivity index (χ2n) is 8.44. The van der Waals surface area contributed by atoms with E-state index >= 15 is 0 Å². The zero-order chi connectivity index (χ0) is 24.5. The van der Waals surface area contributed by atoms with Gasteiger partial charge in [-0.25, -0.2) is 4.98 Å². The number of amides is 1. The van der Waals surface area contributed by atoms with Crippen LogP contribution >= 0.6 is 0 Å². The second-order valence-corrected chi connectivity index (χ2v) is 8.44. The molecule has 4 rings (SSSR count). The number of likely N-dealkylation sites (tertiary alicyclic amines) is 1. The standard InChI is InChI=1S/C24H27N5O3.C2H6/c25-13-19-14-26-23(27-19)24(32)28-21-7-6-18(12-20(21)17-4-2-1-3-5-17)16-8-10-29(11-9-16)15-22(30)31;1-2/h4,6-7,12,14,16H,1-3,5,8-11,15H2,(H,26,27)(H,28,32)(H,30,31);1-2H3. The van der Waals surface area contributed by atoms with E-state index in [0.29, 0.717) is 5.92 Å². The number of allylic oxidation sites excluding steroid dienone is 2. The smallest absolute Gasteiger partial charge is 0.317 e. The van der Waals surface area contributed by atoms with Crippen LogP contribution in [0.2, 0.25) is 0 Å². The number of piperidine rings is 1. The van der Waals surface area contributed by atoms with Crippen molar-refractivity contribution < 1.29 is 14.7 Å². The lowest BCUT2D eigenvalue weighted by Crippen LogP contribution is -2.36. The molecular weight excluding hydrogens is 430 g/mol. The number of aromatic nitrogens is 2. The van der Waals surface area contributed by atoms with Crippen molar-refractivity contribution in [1.29, 1.82) is 5.26 Å². The fourth-order valence-electron chi connectivity index (χ4n) is 4.56. The van der Waals surface area contributed by atoms with Crippen LogP contribution in [0.15, 0.2) is 30.5 Å². The van der Waals surface area contributed by atoms with E-state index in [1.165, 1.54) is 23.8 Å². The molecule has 1 aliphatic heterocycles. The first-order valence-corrected chi connectivity index (χ1v) is 12.1. The van der Waals surface area contributed by atoms with Crippen LogP contribution in [0.4, 0.5) is 5.69 Å². The second kappa shape index (κ2) is 12.1.